The molecule has 110 valence electrons. The van der Waals surface area contributed by atoms with Gasteiger partial charge in [0.1, 0.15) is 0 Å². The molecule has 0 spiro atoms. The molecule has 0 saturated carbocycles. The molecule has 0 aromatic heterocycles. The van der Waals surface area contributed by atoms with Gasteiger partial charge in [0.2, 0.25) is 0 Å². The van der Waals surface area contributed by atoms with Crippen molar-refractivity contribution in [2.75, 3.05) is 12.3 Å². The van der Waals surface area contributed by atoms with Crippen molar-refractivity contribution in [1.82, 2.24) is 4.90 Å². The summed E-state index contributed by atoms with van der Waals surface area (Å²) >= 11 is 1.43. The van der Waals surface area contributed by atoms with Crippen LogP contribution in [0.1, 0.15) is 23.6 Å². The van der Waals surface area contributed by atoms with Gasteiger partial charge in [-0.1, -0.05) is 31.2 Å². The number of carbonyl (C=O) groups excluding carboxylic acids is 2. The fourth-order valence-corrected chi connectivity index (χ4v) is 3.15. The summed E-state index contributed by atoms with van der Waals surface area (Å²) in [5.41, 5.74) is 3.63. The topological polar surface area (TPSA) is 37.4 Å². The monoisotopic (exact) mass is 301 g/mol. The van der Waals surface area contributed by atoms with Crippen molar-refractivity contribution in [3.8, 4) is 0 Å². The molecule has 1 heterocycles. The Kier molecular flexibility index (Phi) is 4.68. The average Bonchev–Trinajstić information content (AvgIpc) is 2.68. The Morgan fingerprint density at radius 3 is 2.48 bits per heavy atom. The zero-order chi connectivity index (χ0) is 15.6. The zero-order valence-electron chi connectivity index (χ0n) is 12.6. The number of amides is 2. The Morgan fingerprint density at radius 1 is 1.19 bits per heavy atom. The maximum absolute atomic E-state index is 12.6. The number of imide groups is 1. The van der Waals surface area contributed by atoms with Gasteiger partial charge in [-0.2, -0.15) is 0 Å². The Bertz CT molecular complexity index is 646. The minimum Gasteiger partial charge on any atom is -0.270 e. The molecule has 1 aromatic carbocycles. The van der Waals surface area contributed by atoms with Crippen LogP contribution in [-0.4, -0.2) is 29.0 Å². The van der Waals surface area contributed by atoms with Crippen LogP contribution in [0.3, 0.4) is 0 Å². The molecule has 0 atom stereocenters. The molecule has 0 fully saturated rings. The van der Waals surface area contributed by atoms with E-state index in [1.54, 1.807) is 6.08 Å². The summed E-state index contributed by atoms with van der Waals surface area (Å²) in [7, 11) is 0. The highest BCUT2D eigenvalue weighted by Gasteiger charge is 2.38. The molecule has 0 radical (unpaired) electrons. The Balaban J connectivity index is 2.54. The van der Waals surface area contributed by atoms with Crippen molar-refractivity contribution >= 4 is 29.1 Å². The molecule has 3 nitrogen and oxygen atoms in total. The van der Waals surface area contributed by atoms with E-state index in [0.29, 0.717) is 10.5 Å². The molecule has 0 unspecified atom stereocenters. The summed E-state index contributed by atoms with van der Waals surface area (Å²) in [6.45, 7) is 9.88. The smallest absolute Gasteiger partial charge is 0.268 e. The van der Waals surface area contributed by atoms with Gasteiger partial charge in [-0.05, 0) is 36.3 Å². The largest absolute Gasteiger partial charge is 0.270 e. The maximum Gasteiger partial charge on any atom is 0.268 e. The van der Waals surface area contributed by atoms with Crippen molar-refractivity contribution in [3.63, 3.8) is 0 Å². The van der Waals surface area contributed by atoms with Crippen LogP contribution >= 0.6 is 11.8 Å². The van der Waals surface area contributed by atoms with E-state index in [1.807, 2.05) is 39.0 Å². The van der Waals surface area contributed by atoms with Crippen molar-refractivity contribution in [2.24, 2.45) is 0 Å². The van der Waals surface area contributed by atoms with Crippen LogP contribution in [0.2, 0.25) is 0 Å². The van der Waals surface area contributed by atoms with Crippen LogP contribution in [-0.2, 0) is 9.59 Å². The van der Waals surface area contributed by atoms with Gasteiger partial charge in [0.15, 0.2) is 0 Å². The summed E-state index contributed by atoms with van der Waals surface area (Å²) in [6, 6.07) is 5.87. The molecule has 1 aliphatic heterocycles. The van der Waals surface area contributed by atoms with E-state index in [4.69, 9.17) is 0 Å². The number of carbonyl (C=O) groups is 2. The van der Waals surface area contributed by atoms with Gasteiger partial charge < -0.3 is 0 Å². The number of rotatable bonds is 5. The van der Waals surface area contributed by atoms with Gasteiger partial charge in [-0.3, -0.25) is 14.5 Å². The first-order valence-corrected chi connectivity index (χ1v) is 7.91. The van der Waals surface area contributed by atoms with Gasteiger partial charge in [0.05, 0.1) is 10.5 Å². The Morgan fingerprint density at radius 2 is 1.90 bits per heavy atom. The molecule has 2 amide bonds. The van der Waals surface area contributed by atoms with Crippen molar-refractivity contribution in [2.45, 2.75) is 20.8 Å². The van der Waals surface area contributed by atoms with E-state index < -0.39 is 0 Å². The van der Waals surface area contributed by atoms with E-state index in [2.05, 4.69) is 6.58 Å². The second kappa shape index (κ2) is 6.31. The minimum absolute atomic E-state index is 0.208. The first-order valence-electron chi connectivity index (χ1n) is 6.93. The zero-order valence-corrected chi connectivity index (χ0v) is 13.4. The number of aryl methyl sites for hydroxylation is 2. The highest BCUT2D eigenvalue weighted by molar-refractivity contribution is 8.04. The van der Waals surface area contributed by atoms with Crippen LogP contribution in [0.4, 0.5) is 0 Å². The third-order valence-corrected chi connectivity index (χ3v) is 4.48. The standard InChI is InChI=1S/C17H19NO2S/c1-5-9-18-16(19)14(15(17(18)20)21-6-2)13-8-7-11(3)12(4)10-13/h5,7-8,10H,1,6,9H2,2-4H3. The van der Waals surface area contributed by atoms with E-state index in [1.165, 1.54) is 22.2 Å². The highest BCUT2D eigenvalue weighted by atomic mass is 32.2. The second-order valence-electron chi connectivity index (χ2n) is 4.95. The first-order chi connectivity index (χ1) is 10.0. The normalized spacial score (nSPS) is 15.1. The molecule has 4 heteroatoms. The van der Waals surface area contributed by atoms with Crippen LogP contribution in [0.15, 0.2) is 35.8 Å². The molecule has 0 bridgehead atoms. The lowest BCUT2D eigenvalue weighted by molar-refractivity contribution is -0.135. The number of hydrogen-bond donors (Lipinski definition) is 0. The van der Waals surface area contributed by atoms with Crippen LogP contribution in [0, 0.1) is 13.8 Å². The molecule has 0 N–H and O–H groups in total. The SMILES string of the molecule is C=CCN1C(=O)C(SCC)=C(c2ccc(C)c(C)c2)C1=O. The summed E-state index contributed by atoms with van der Waals surface area (Å²) in [5, 5.41) is 0. The van der Waals surface area contributed by atoms with Crippen molar-refractivity contribution < 1.29 is 9.59 Å². The second-order valence-corrected chi connectivity index (χ2v) is 6.22. The lowest BCUT2D eigenvalue weighted by Gasteiger charge is -2.12. The predicted molar refractivity (Wildman–Crippen MR) is 87.9 cm³/mol. The molecular weight excluding hydrogens is 282 g/mol. The van der Waals surface area contributed by atoms with Gasteiger partial charge in [0, 0.05) is 6.54 Å². The molecule has 0 saturated heterocycles. The van der Waals surface area contributed by atoms with Crippen LogP contribution < -0.4 is 0 Å². The number of benzene rings is 1. The van der Waals surface area contributed by atoms with Crippen molar-refractivity contribution in [1.29, 1.82) is 0 Å². The minimum atomic E-state index is -0.223. The maximum atomic E-state index is 12.6. The van der Waals surface area contributed by atoms with Crippen LogP contribution in [0.5, 0.6) is 0 Å². The Hall–Kier alpha value is -1.81. The fourth-order valence-electron chi connectivity index (χ4n) is 2.28. The summed E-state index contributed by atoms with van der Waals surface area (Å²) in [5.74, 6) is 0.323. The average molecular weight is 301 g/mol. The van der Waals surface area contributed by atoms with Gasteiger partial charge >= 0.3 is 0 Å². The molecule has 21 heavy (non-hydrogen) atoms. The molecular formula is C17H19NO2S. The lowest BCUT2D eigenvalue weighted by atomic mass is 10.0. The number of hydrogen-bond acceptors (Lipinski definition) is 3. The summed E-state index contributed by atoms with van der Waals surface area (Å²) < 4.78 is 0. The molecule has 0 aliphatic carbocycles. The first kappa shape index (κ1) is 15.6. The number of thioether (sulfide) groups is 1. The third kappa shape index (κ3) is 2.81. The van der Waals surface area contributed by atoms with Gasteiger partial charge in [0.25, 0.3) is 11.8 Å². The van der Waals surface area contributed by atoms with Crippen molar-refractivity contribution in [3.05, 3.63) is 52.4 Å². The summed E-state index contributed by atoms with van der Waals surface area (Å²) in [4.78, 5) is 26.8. The van der Waals surface area contributed by atoms with Gasteiger partial charge in [-0.15, -0.1) is 18.3 Å². The molecule has 1 aliphatic rings. The van der Waals surface area contributed by atoms with E-state index in [0.717, 1.165) is 16.9 Å². The highest BCUT2D eigenvalue weighted by Crippen LogP contribution is 2.36. The number of nitrogens with zero attached hydrogens (tertiary/aromatic N) is 1. The predicted octanol–water partition coefficient (Wildman–Crippen LogP) is 3.32. The summed E-state index contributed by atoms with van der Waals surface area (Å²) in [6.07, 6.45) is 1.58. The molecule has 2 rings (SSSR count). The quantitative estimate of drug-likeness (QED) is 0.618. The van der Waals surface area contributed by atoms with Gasteiger partial charge in [-0.25, -0.2) is 0 Å². The Labute approximate surface area is 129 Å². The lowest BCUT2D eigenvalue weighted by Crippen LogP contribution is -2.31. The third-order valence-electron chi connectivity index (χ3n) is 3.52. The van der Waals surface area contributed by atoms with E-state index in [9.17, 15) is 9.59 Å². The van der Waals surface area contributed by atoms with Crippen LogP contribution in [0.25, 0.3) is 5.57 Å². The van der Waals surface area contributed by atoms with E-state index >= 15 is 0 Å². The fraction of sp³-hybridized carbons (Fsp3) is 0.294. The molecule has 1 aromatic rings. The van der Waals surface area contributed by atoms with E-state index in [-0.39, 0.29) is 18.4 Å².